The summed E-state index contributed by atoms with van der Waals surface area (Å²) in [6.45, 7) is 0.451. The van der Waals surface area contributed by atoms with E-state index >= 15 is 0 Å². The monoisotopic (exact) mass is 446 g/mol. The van der Waals surface area contributed by atoms with E-state index < -0.39 is 0 Å². The molecule has 0 saturated carbocycles. The van der Waals surface area contributed by atoms with Crippen LogP contribution in [0.15, 0.2) is 69.8 Å². The van der Waals surface area contributed by atoms with Crippen molar-refractivity contribution < 1.29 is 14.0 Å². The normalized spacial score (nSPS) is 10.5. The number of nitrogens with zero attached hydrogens (tertiary/aromatic N) is 1. The molecular weight excluding hydrogens is 432 g/mol. The van der Waals surface area contributed by atoms with Crippen molar-refractivity contribution in [3.05, 3.63) is 87.2 Å². The fourth-order valence-corrected chi connectivity index (χ4v) is 2.95. The van der Waals surface area contributed by atoms with Gasteiger partial charge in [0.05, 0.1) is 0 Å². The fourth-order valence-electron chi connectivity index (χ4n) is 2.51. The molecule has 2 amide bonds. The van der Waals surface area contributed by atoms with Crippen LogP contribution in [0.25, 0.3) is 0 Å². The predicted octanol–water partition coefficient (Wildman–Crippen LogP) is 5.22. The van der Waals surface area contributed by atoms with Crippen LogP contribution in [0.4, 0.5) is 5.69 Å². The highest BCUT2D eigenvalue weighted by atomic mass is 79.9. The van der Waals surface area contributed by atoms with Crippen LogP contribution in [-0.4, -0.2) is 23.8 Å². The Bertz CT molecular complexity index is 969. The largest absolute Gasteiger partial charge is 0.444 e. The van der Waals surface area contributed by atoms with Crippen molar-refractivity contribution in [3.8, 4) is 0 Å². The number of hydrogen-bond donors (Lipinski definition) is 1. The predicted molar refractivity (Wildman–Crippen MR) is 108 cm³/mol. The van der Waals surface area contributed by atoms with Gasteiger partial charge < -0.3 is 14.6 Å². The Morgan fingerprint density at radius 3 is 2.52 bits per heavy atom. The van der Waals surface area contributed by atoms with Crippen LogP contribution in [0, 0.1) is 0 Å². The van der Waals surface area contributed by atoms with E-state index in [0.717, 1.165) is 5.56 Å². The Hall–Kier alpha value is -2.57. The molecule has 7 heteroatoms. The van der Waals surface area contributed by atoms with Crippen molar-refractivity contribution >= 4 is 45.0 Å². The lowest BCUT2D eigenvalue weighted by Gasteiger charge is -2.18. The Labute approximate surface area is 170 Å². The highest BCUT2D eigenvalue weighted by Crippen LogP contribution is 2.18. The molecule has 0 fully saturated rings. The molecule has 0 radical (unpaired) electrons. The first-order valence-electron chi connectivity index (χ1n) is 8.09. The number of furan rings is 1. The Morgan fingerprint density at radius 1 is 1.11 bits per heavy atom. The highest BCUT2D eigenvalue weighted by molar-refractivity contribution is 9.10. The number of amides is 2. The van der Waals surface area contributed by atoms with Gasteiger partial charge in [-0.05, 0) is 64.0 Å². The smallest absolute Gasteiger partial charge is 0.291 e. The van der Waals surface area contributed by atoms with Crippen LogP contribution < -0.4 is 5.32 Å². The summed E-state index contributed by atoms with van der Waals surface area (Å²) in [4.78, 5) is 26.5. The molecule has 1 heterocycles. The number of benzene rings is 2. The molecule has 0 atom stereocenters. The maximum Gasteiger partial charge on any atom is 0.291 e. The summed E-state index contributed by atoms with van der Waals surface area (Å²) in [5.74, 6) is -0.361. The highest BCUT2D eigenvalue weighted by Gasteiger charge is 2.15. The number of rotatable bonds is 5. The van der Waals surface area contributed by atoms with E-state index in [0.29, 0.717) is 27.5 Å². The fraction of sp³-hybridized carbons (Fsp3) is 0.100. The van der Waals surface area contributed by atoms with E-state index in [-0.39, 0.29) is 17.6 Å². The second-order valence-corrected chi connectivity index (χ2v) is 7.14. The van der Waals surface area contributed by atoms with Crippen molar-refractivity contribution in [3.63, 3.8) is 0 Å². The molecule has 0 bridgehead atoms. The number of nitrogens with one attached hydrogen (secondary N) is 1. The molecule has 0 spiro atoms. The summed E-state index contributed by atoms with van der Waals surface area (Å²) >= 11 is 9.05. The minimum absolute atomic E-state index is 0.151. The van der Waals surface area contributed by atoms with Crippen LogP contribution >= 0.6 is 27.5 Å². The SMILES string of the molecule is CN(Cc1ccc(Cl)cc1)C(=O)c1cccc(NC(=O)c2ccc(Br)o2)c1. The zero-order chi connectivity index (χ0) is 19.4. The maximum atomic E-state index is 12.7. The van der Waals surface area contributed by atoms with E-state index in [4.69, 9.17) is 16.0 Å². The number of carbonyl (C=O) groups excluding carboxylic acids is 2. The van der Waals surface area contributed by atoms with Crippen molar-refractivity contribution in [2.45, 2.75) is 6.54 Å². The van der Waals surface area contributed by atoms with Crippen molar-refractivity contribution in [2.24, 2.45) is 0 Å². The van der Waals surface area contributed by atoms with Gasteiger partial charge in [-0.2, -0.15) is 0 Å². The van der Waals surface area contributed by atoms with E-state index in [1.54, 1.807) is 60.5 Å². The molecule has 0 saturated heterocycles. The zero-order valence-corrected chi connectivity index (χ0v) is 16.8. The average Bonchev–Trinajstić information content (AvgIpc) is 3.10. The summed E-state index contributed by atoms with van der Waals surface area (Å²) in [5, 5.41) is 3.38. The lowest BCUT2D eigenvalue weighted by Crippen LogP contribution is -2.26. The Balaban J connectivity index is 1.69. The van der Waals surface area contributed by atoms with Gasteiger partial charge in [-0.1, -0.05) is 29.8 Å². The van der Waals surface area contributed by atoms with Gasteiger partial charge in [0, 0.05) is 29.9 Å². The molecule has 0 unspecified atom stereocenters. The van der Waals surface area contributed by atoms with Crippen LogP contribution in [0.2, 0.25) is 5.02 Å². The summed E-state index contributed by atoms with van der Waals surface area (Å²) in [6, 6.07) is 17.3. The quantitative estimate of drug-likeness (QED) is 0.583. The van der Waals surface area contributed by atoms with Crippen LogP contribution in [0.3, 0.4) is 0 Å². The minimum atomic E-state index is -0.389. The van der Waals surface area contributed by atoms with Crippen molar-refractivity contribution in [1.82, 2.24) is 4.90 Å². The van der Waals surface area contributed by atoms with Gasteiger partial charge in [0.1, 0.15) is 0 Å². The molecule has 0 aliphatic rings. The Morgan fingerprint density at radius 2 is 1.85 bits per heavy atom. The van der Waals surface area contributed by atoms with Crippen LogP contribution in [0.5, 0.6) is 0 Å². The lowest BCUT2D eigenvalue weighted by atomic mass is 10.1. The maximum absolute atomic E-state index is 12.7. The van der Waals surface area contributed by atoms with Crippen molar-refractivity contribution in [2.75, 3.05) is 12.4 Å². The molecule has 5 nitrogen and oxygen atoms in total. The third-order valence-corrected chi connectivity index (χ3v) is 4.52. The molecule has 0 aliphatic carbocycles. The molecule has 1 N–H and O–H groups in total. The van der Waals surface area contributed by atoms with Gasteiger partial charge in [-0.15, -0.1) is 0 Å². The molecule has 3 aromatic rings. The summed E-state index contributed by atoms with van der Waals surface area (Å²) in [6.07, 6.45) is 0. The minimum Gasteiger partial charge on any atom is -0.444 e. The second-order valence-electron chi connectivity index (χ2n) is 5.93. The standard InChI is InChI=1S/C20H16BrClN2O3/c1-24(12-13-5-7-15(22)8-6-13)20(26)14-3-2-4-16(11-14)23-19(25)17-9-10-18(21)27-17/h2-11H,12H2,1H3,(H,23,25). The average molecular weight is 448 g/mol. The molecule has 138 valence electrons. The van der Waals surface area contributed by atoms with E-state index in [2.05, 4.69) is 21.2 Å². The lowest BCUT2D eigenvalue weighted by molar-refractivity contribution is 0.0784. The van der Waals surface area contributed by atoms with Gasteiger partial charge in [0.15, 0.2) is 10.4 Å². The molecule has 2 aromatic carbocycles. The zero-order valence-electron chi connectivity index (χ0n) is 14.4. The van der Waals surface area contributed by atoms with Gasteiger partial charge in [0.25, 0.3) is 11.8 Å². The van der Waals surface area contributed by atoms with E-state index in [1.807, 2.05) is 12.1 Å². The molecular formula is C20H16BrClN2O3. The number of halogens is 2. The number of carbonyl (C=O) groups is 2. The van der Waals surface area contributed by atoms with Gasteiger partial charge >= 0.3 is 0 Å². The van der Waals surface area contributed by atoms with Gasteiger partial charge in [0.2, 0.25) is 0 Å². The van der Waals surface area contributed by atoms with E-state index in [9.17, 15) is 9.59 Å². The third-order valence-electron chi connectivity index (χ3n) is 3.84. The van der Waals surface area contributed by atoms with Crippen LogP contribution in [0.1, 0.15) is 26.5 Å². The van der Waals surface area contributed by atoms with Crippen molar-refractivity contribution in [1.29, 1.82) is 0 Å². The first-order chi connectivity index (χ1) is 12.9. The molecule has 0 aliphatic heterocycles. The first-order valence-corrected chi connectivity index (χ1v) is 9.26. The topological polar surface area (TPSA) is 62.6 Å². The molecule has 3 rings (SSSR count). The Kier molecular flexibility index (Phi) is 5.98. The first kappa shape index (κ1) is 19.2. The number of hydrogen-bond acceptors (Lipinski definition) is 3. The number of anilines is 1. The van der Waals surface area contributed by atoms with Gasteiger partial charge in [-0.3, -0.25) is 9.59 Å². The summed E-state index contributed by atoms with van der Waals surface area (Å²) < 4.78 is 5.70. The summed E-state index contributed by atoms with van der Waals surface area (Å²) in [5.41, 5.74) is 1.96. The van der Waals surface area contributed by atoms with Gasteiger partial charge in [-0.25, -0.2) is 0 Å². The second kappa shape index (κ2) is 8.41. The third kappa shape index (κ3) is 4.99. The summed E-state index contributed by atoms with van der Waals surface area (Å²) in [7, 11) is 1.72. The molecule has 27 heavy (non-hydrogen) atoms. The van der Waals surface area contributed by atoms with E-state index in [1.165, 1.54) is 0 Å². The molecule has 1 aromatic heterocycles. The van der Waals surface area contributed by atoms with Crippen LogP contribution in [-0.2, 0) is 6.54 Å².